The zero-order valence-corrected chi connectivity index (χ0v) is 15.6. The summed E-state index contributed by atoms with van der Waals surface area (Å²) in [6.07, 6.45) is 4.23. The van der Waals surface area contributed by atoms with Crippen LogP contribution in [0, 0.1) is 5.95 Å². The van der Waals surface area contributed by atoms with Gasteiger partial charge in [-0.3, -0.25) is 9.20 Å². The van der Waals surface area contributed by atoms with Gasteiger partial charge in [0, 0.05) is 23.5 Å². The summed E-state index contributed by atoms with van der Waals surface area (Å²) in [6, 6.07) is 13.7. The highest BCUT2D eigenvalue weighted by Gasteiger charge is 2.21. The Morgan fingerprint density at radius 2 is 1.86 bits per heavy atom. The van der Waals surface area contributed by atoms with E-state index in [1.165, 1.54) is 11.8 Å². The van der Waals surface area contributed by atoms with E-state index in [0.717, 1.165) is 28.8 Å². The Kier molecular flexibility index (Phi) is 4.01. The number of hydrogen-bond acceptors (Lipinski definition) is 4. The highest BCUT2D eigenvalue weighted by molar-refractivity contribution is 5.86. The van der Waals surface area contributed by atoms with Crippen molar-refractivity contribution in [1.82, 2.24) is 14.4 Å². The van der Waals surface area contributed by atoms with E-state index in [4.69, 9.17) is 0 Å². The molecule has 0 unspecified atom stereocenters. The Balaban J connectivity index is 1.76. The molecule has 1 aliphatic rings. The number of amides is 1. The second-order valence-corrected chi connectivity index (χ2v) is 6.89. The van der Waals surface area contributed by atoms with Crippen LogP contribution >= 0.6 is 0 Å². The number of rotatable bonds is 3. The van der Waals surface area contributed by atoms with Gasteiger partial charge in [-0.1, -0.05) is 37.3 Å². The molecular formula is C22H16FN5O. The monoisotopic (exact) mass is 385 g/mol. The number of hydrogen-bond donors (Lipinski definition) is 0. The number of imidazole rings is 1. The van der Waals surface area contributed by atoms with Crippen LogP contribution in [0.5, 0.6) is 0 Å². The molecule has 5 rings (SSSR count). The quantitative estimate of drug-likeness (QED) is 0.502. The minimum atomic E-state index is -0.632. The van der Waals surface area contributed by atoms with Crippen molar-refractivity contribution < 1.29 is 9.18 Å². The molecule has 3 heterocycles. The van der Waals surface area contributed by atoms with E-state index in [1.54, 1.807) is 10.6 Å². The lowest BCUT2D eigenvalue weighted by Gasteiger charge is -2.11. The van der Waals surface area contributed by atoms with E-state index in [2.05, 4.69) is 27.1 Å². The number of benzene rings is 2. The fourth-order valence-electron chi connectivity index (χ4n) is 3.60. The maximum Gasteiger partial charge on any atom is 0.269 e. The summed E-state index contributed by atoms with van der Waals surface area (Å²) in [5.41, 5.74) is 5.93. The maximum atomic E-state index is 14.4. The molecule has 4 aromatic rings. The third-order valence-corrected chi connectivity index (χ3v) is 5.10. The largest absolute Gasteiger partial charge is 0.294 e. The Hall–Kier alpha value is -3.74. The standard InChI is InChI=1S/C22H16FN5O/c1-2-13-3-5-14(6-4-13)19-20(28-10-9-24-21(23)22(28)25-19)15-7-8-17-16(11-15)12-18(29)27-26-17/h3-11H,2,12H2,1H3. The molecule has 7 heteroatoms. The van der Waals surface area contributed by atoms with Crippen molar-refractivity contribution in [3.63, 3.8) is 0 Å². The SMILES string of the molecule is CCc1ccc(-c2nc3c(F)nccn3c2-c2ccc3c(c2)CC(=O)N=N3)cc1. The van der Waals surface area contributed by atoms with E-state index in [-0.39, 0.29) is 18.0 Å². The molecule has 2 aromatic carbocycles. The van der Waals surface area contributed by atoms with Crippen molar-refractivity contribution in [3.8, 4) is 22.5 Å². The molecule has 0 N–H and O–H groups in total. The summed E-state index contributed by atoms with van der Waals surface area (Å²) in [5, 5.41) is 7.57. The lowest BCUT2D eigenvalue weighted by atomic mass is 9.99. The van der Waals surface area contributed by atoms with Gasteiger partial charge < -0.3 is 0 Å². The molecular weight excluding hydrogens is 369 g/mol. The molecule has 0 spiro atoms. The molecule has 142 valence electrons. The highest BCUT2D eigenvalue weighted by Crippen LogP contribution is 2.36. The molecule has 0 bridgehead atoms. The molecule has 1 amide bonds. The molecule has 0 saturated carbocycles. The summed E-state index contributed by atoms with van der Waals surface area (Å²) in [5.74, 6) is -0.912. The van der Waals surface area contributed by atoms with Crippen molar-refractivity contribution in [1.29, 1.82) is 0 Å². The molecule has 0 aliphatic carbocycles. The van der Waals surface area contributed by atoms with Gasteiger partial charge in [-0.2, -0.15) is 4.39 Å². The normalized spacial score (nSPS) is 13.1. The predicted molar refractivity (Wildman–Crippen MR) is 106 cm³/mol. The summed E-state index contributed by atoms with van der Waals surface area (Å²) >= 11 is 0. The first kappa shape index (κ1) is 17.4. The average molecular weight is 385 g/mol. The molecule has 1 aliphatic heterocycles. The maximum absolute atomic E-state index is 14.4. The Morgan fingerprint density at radius 3 is 2.66 bits per heavy atom. The number of carbonyl (C=O) groups is 1. The number of aromatic nitrogens is 3. The Bertz CT molecular complexity index is 1290. The van der Waals surface area contributed by atoms with Crippen LogP contribution in [0.3, 0.4) is 0 Å². The summed E-state index contributed by atoms with van der Waals surface area (Å²) in [6.45, 7) is 2.10. The lowest BCUT2D eigenvalue weighted by molar-refractivity contribution is -0.117. The third kappa shape index (κ3) is 2.91. The van der Waals surface area contributed by atoms with Crippen LogP contribution in [0.1, 0.15) is 18.1 Å². The Labute approximate surface area is 165 Å². The number of fused-ring (bicyclic) bond motifs is 2. The van der Waals surface area contributed by atoms with Crippen molar-refractivity contribution in [2.45, 2.75) is 19.8 Å². The first-order chi connectivity index (χ1) is 14.1. The molecule has 0 fully saturated rings. The number of nitrogens with zero attached hydrogens (tertiary/aromatic N) is 5. The van der Waals surface area contributed by atoms with Crippen LogP contribution in [-0.4, -0.2) is 20.3 Å². The van der Waals surface area contributed by atoms with Gasteiger partial charge in [0.25, 0.3) is 11.9 Å². The smallest absolute Gasteiger partial charge is 0.269 e. The van der Waals surface area contributed by atoms with Crippen molar-refractivity contribution in [2.75, 3.05) is 0 Å². The molecule has 0 atom stereocenters. The predicted octanol–water partition coefficient (Wildman–Crippen LogP) is 4.93. The van der Waals surface area contributed by atoms with Gasteiger partial charge in [-0.25, -0.2) is 9.97 Å². The van der Waals surface area contributed by atoms with Crippen LogP contribution in [0.4, 0.5) is 10.1 Å². The second-order valence-electron chi connectivity index (χ2n) is 6.89. The third-order valence-electron chi connectivity index (χ3n) is 5.10. The second kappa shape index (κ2) is 6.70. The van der Waals surface area contributed by atoms with Crippen LogP contribution in [0.2, 0.25) is 0 Å². The van der Waals surface area contributed by atoms with Gasteiger partial charge in [-0.15, -0.1) is 10.2 Å². The van der Waals surface area contributed by atoms with Crippen LogP contribution < -0.4 is 0 Å². The molecule has 29 heavy (non-hydrogen) atoms. The zero-order chi connectivity index (χ0) is 20.0. The van der Waals surface area contributed by atoms with E-state index in [9.17, 15) is 9.18 Å². The molecule has 0 saturated heterocycles. The first-order valence-corrected chi connectivity index (χ1v) is 9.34. The fraction of sp³-hybridized carbons (Fsp3) is 0.136. The average Bonchev–Trinajstić information content (AvgIpc) is 3.14. The summed E-state index contributed by atoms with van der Waals surface area (Å²) < 4.78 is 16.1. The van der Waals surface area contributed by atoms with Gasteiger partial charge in [0.05, 0.1) is 23.5 Å². The fourth-order valence-corrected chi connectivity index (χ4v) is 3.60. The van der Waals surface area contributed by atoms with Crippen LogP contribution in [0.25, 0.3) is 28.2 Å². The first-order valence-electron chi connectivity index (χ1n) is 9.34. The number of carbonyl (C=O) groups excluding carboxylic acids is 1. The van der Waals surface area contributed by atoms with E-state index in [1.807, 2.05) is 42.5 Å². The topological polar surface area (TPSA) is 72.0 Å². The van der Waals surface area contributed by atoms with Crippen molar-refractivity contribution >= 4 is 17.2 Å². The Morgan fingerprint density at radius 1 is 1.07 bits per heavy atom. The van der Waals surface area contributed by atoms with E-state index in [0.29, 0.717) is 11.4 Å². The molecule has 0 radical (unpaired) electrons. The molecule has 2 aromatic heterocycles. The number of aryl methyl sites for hydroxylation is 1. The van der Waals surface area contributed by atoms with Gasteiger partial charge in [0.1, 0.15) is 0 Å². The minimum Gasteiger partial charge on any atom is -0.294 e. The highest BCUT2D eigenvalue weighted by atomic mass is 19.1. The van der Waals surface area contributed by atoms with Gasteiger partial charge >= 0.3 is 0 Å². The van der Waals surface area contributed by atoms with Crippen LogP contribution in [-0.2, 0) is 17.6 Å². The number of halogens is 1. The van der Waals surface area contributed by atoms with Crippen LogP contribution in [0.15, 0.2) is 65.1 Å². The van der Waals surface area contributed by atoms with Crippen molar-refractivity contribution in [3.05, 3.63) is 71.9 Å². The lowest BCUT2D eigenvalue weighted by Crippen LogP contribution is -2.03. The summed E-state index contributed by atoms with van der Waals surface area (Å²) in [7, 11) is 0. The minimum absolute atomic E-state index is 0.158. The van der Waals surface area contributed by atoms with E-state index < -0.39 is 5.95 Å². The van der Waals surface area contributed by atoms with Gasteiger partial charge in [0.15, 0.2) is 5.65 Å². The number of azo groups is 1. The van der Waals surface area contributed by atoms with Gasteiger partial charge in [0.2, 0.25) is 0 Å². The van der Waals surface area contributed by atoms with Crippen molar-refractivity contribution in [2.24, 2.45) is 10.2 Å². The van der Waals surface area contributed by atoms with Gasteiger partial charge in [-0.05, 0) is 29.7 Å². The summed E-state index contributed by atoms with van der Waals surface area (Å²) in [4.78, 5) is 20.0. The molecule has 6 nitrogen and oxygen atoms in total. The zero-order valence-electron chi connectivity index (χ0n) is 15.6. The van der Waals surface area contributed by atoms with E-state index >= 15 is 0 Å².